The van der Waals surface area contributed by atoms with E-state index < -0.39 is 0 Å². The predicted octanol–water partition coefficient (Wildman–Crippen LogP) is 0.913. The van der Waals surface area contributed by atoms with E-state index >= 15 is 0 Å². The molecule has 0 bridgehead atoms. The molecule has 1 aliphatic carbocycles. The van der Waals surface area contributed by atoms with Crippen LogP contribution < -0.4 is 16.6 Å². The zero-order valence-electron chi connectivity index (χ0n) is 7.96. The van der Waals surface area contributed by atoms with Crippen LogP contribution in [0.15, 0.2) is 12.1 Å². The fourth-order valence-electron chi connectivity index (χ4n) is 1.16. The van der Waals surface area contributed by atoms with Gasteiger partial charge in [-0.05, 0) is 25.0 Å². The highest BCUT2D eigenvalue weighted by molar-refractivity contribution is 6.33. The molecule has 1 aromatic heterocycles. The van der Waals surface area contributed by atoms with Crippen LogP contribution in [0.1, 0.15) is 23.3 Å². The fraction of sp³-hybridized carbons (Fsp3) is 0.333. The van der Waals surface area contributed by atoms with Gasteiger partial charge < -0.3 is 10.7 Å². The lowest BCUT2D eigenvalue weighted by atomic mass is 10.3. The van der Waals surface area contributed by atoms with Gasteiger partial charge in [0.25, 0.3) is 5.91 Å². The number of nitrogen functional groups attached to an aromatic ring is 1. The minimum Gasteiger partial charge on any atom is -0.348 e. The van der Waals surface area contributed by atoms with Gasteiger partial charge in [0.2, 0.25) is 0 Å². The summed E-state index contributed by atoms with van der Waals surface area (Å²) in [7, 11) is 0. The fourth-order valence-corrected chi connectivity index (χ4v) is 1.35. The first-order valence-corrected chi connectivity index (χ1v) is 5.02. The Morgan fingerprint density at radius 2 is 2.27 bits per heavy atom. The molecular weight excluding hydrogens is 216 g/mol. The smallest absolute Gasteiger partial charge is 0.271 e. The van der Waals surface area contributed by atoms with E-state index in [0.717, 1.165) is 12.8 Å². The summed E-state index contributed by atoms with van der Waals surface area (Å²) in [6, 6.07) is 3.48. The van der Waals surface area contributed by atoms with E-state index in [4.69, 9.17) is 17.4 Å². The molecule has 1 aromatic rings. The van der Waals surface area contributed by atoms with Crippen molar-refractivity contribution in [3.63, 3.8) is 0 Å². The number of nitrogens with zero attached hydrogens (tertiary/aromatic N) is 1. The minimum atomic E-state index is -0.250. The first kappa shape index (κ1) is 10.2. The monoisotopic (exact) mass is 226 g/mol. The second-order valence-electron chi connectivity index (χ2n) is 3.42. The van der Waals surface area contributed by atoms with Crippen molar-refractivity contribution in [2.75, 3.05) is 5.43 Å². The molecule has 5 nitrogen and oxygen atoms in total. The number of rotatable bonds is 3. The summed E-state index contributed by atoms with van der Waals surface area (Å²) in [5, 5.41) is 3.13. The lowest BCUT2D eigenvalue weighted by Gasteiger charge is -2.06. The molecule has 1 fully saturated rings. The zero-order chi connectivity index (χ0) is 10.8. The Morgan fingerprint density at radius 3 is 2.87 bits per heavy atom. The summed E-state index contributed by atoms with van der Waals surface area (Å²) < 4.78 is 0. The molecule has 0 aliphatic heterocycles. The van der Waals surface area contributed by atoms with Crippen LogP contribution in [0.3, 0.4) is 0 Å². The van der Waals surface area contributed by atoms with Gasteiger partial charge in [0.1, 0.15) is 11.5 Å². The summed E-state index contributed by atoms with van der Waals surface area (Å²) in [5.74, 6) is 5.36. The van der Waals surface area contributed by atoms with E-state index in [2.05, 4.69) is 15.7 Å². The van der Waals surface area contributed by atoms with Crippen LogP contribution in [0.4, 0.5) is 5.82 Å². The van der Waals surface area contributed by atoms with Crippen LogP contribution in [-0.4, -0.2) is 16.9 Å². The summed E-state index contributed by atoms with van der Waals surface area (Å²) in [6.07, 6.45) is 2.05. The van der Waals surface area contributed by atoms with Gasteiger partial charge in [0.05, 0.1) is 5.02 Å². The molecule has 6 heteroatoms. The lowest BCUT2D eigenvalue weighted by Crippen LogP contribution is -2.27. The summed E-state index contributed by atoms with van der Waals surface area (Å²) in [6.45, 7) is 0. The van der Waals surface area contributed by atoms with Crippen molar-refractivity contribution in [3.05, 3.63) is 22.8 Å². The maximum atomic E-state index is 11.7. The quantitative estimate of drug-likeness (QED) is 0.529. The van der Waals surface area contributed by atoms with E-state index in [-0.39, 0.29) is 17.6 Å². The van der Waals surface area contributed by atoms with E-state index in [9.17, 15) is 4.79 Å². The Balaban J connectivity index is 2.20. The Hall–Kier alpha value is -1.33. The molecule has 2 rings (SSSR count). The van der Waals surface area contributed by atoms with Crippen molar-refractivity contribution in [1.29, 1.82) is 0 Å². The van der Waals surface area contributed by atoms with E-state index in [1.807, 2.05) is 0 Å². The predicted molar refractivity (Wildman–Crippen MR) is 57.5 cm³/mol. The van der Waals surface area contributed by atoms with Crippen LogP contribution in [0.5, 0.6) is 0 Å². The maximum Gasteiger partial charge on any atom is 0.271 e. The van der Waals surface area contributed by atoms with Gasteiger partial charge in [0, 0.05) is 6.04 Å². The van der Waals surface area contributed by atoms with Crippen LogP contribution in [0, 0.1) is 0 Å². The van der Waals surface area contributed by atoms with Crippen molar-refractivity contribution < 1.29 is 4.79 Å². The molecule has 4 N–H and O–H groups in total. The van der Waals surface area contributed by atoms with Crippen LogP contribution in [0.2, 0.25) is 5.02 Å². The molecule has 0 atom stereocenters. The largest absolute Gasteiger partial charge is 0.348 e. The molecule has 1 saturated carbocycles. The van der Waals surface area contributed by atoms with Gasteiger partial charge in [-0.25, -0.2) is 10.8 Å². The number of carbonyl (C=O) groups excluding carboxylic acids is 1. The summed E-state index contributed by atoms with van der Waals surface area (Å²) in [5.41, 5.74) is 2.58. The summed E-state index contributed by atoms with van der Waals surface area (Å²) >= 11 is 5.86. The lowest BCUT2D eigenvalue weighted by molar-refractivity contribution is 0.0946. The van der Waals surface area contributed by atoms with Gasteiger partial charge in [-0.15, -0.1) is 0 Å². The Kier molecular flexibility index (Phi) is 2.75. The van der Waals surface area contributed by atoms with Crippen molar-refractivity contribution in [2.24, 2.45) is 5.84 Å². The number of halogens is 1. The molecular formula is C9H11ClN4O. The highest BCUT2D eigenvalue weighted by Crippen LogP contribution is 2.21. The number of hydrazine groups is 1. The molecule has 0 saturated heterocycles. The standard InChI is InChI=1S/C9H11ClN4O/c10-6-3-4-7(14-11)13-8(6)9(15)12-5-1-2-5/h3-5H,1-2,11H2,(H,12,15)(H,13,14). The van der Waals surface area contributed by atoms with Gasteiger partial charge >= 0.3 is 0 Å². The van der Waals surface area contributed by atoms with E-state index in [1.165, 1.54) is 0 Å². The highest BCUT2D eigenvalue weighted by atomic mass is 35.5. The molecule has 0 unspecified atom stereocenters. The average molecular weight is 227 g/mol. The van der Waals surface area contributed by atoms with Gasteiger partial charge in [0.15, 0.2) is 0 Å². The third-order valence-electron chi connectivity index (χ3n) is 2.12. The van der Waals surface area contributed by atoms with Crippen molar-refractivity contribution >= 4 is 23.3 Å². The molecule has 1 aliphatic rings. The van der Waals surface area contributed by atoms with Crippen LogP contribution in [0.25, 0.3) is 0 Å². The van der Waals surface area contributed by atoms with Crippen LogP contribution in [-0.2, 0) is 0 Å². The van der Waals surface area contributed by atoms with E-state index in [0.29, 0.717) is 10.8 Å². The first-order valence-electron chi connectivity index (χ1n) is 4.64. The maximum absolute atomic E-state index is 11.7. The summed E-state index contributed by atoms with van der Waals surface area (Å²) in [4.78, 5) is 15.6. The molecule has 0 radical (unpaired) electrons. The Labute approximate surface area is 92.0 Å². The number of nitrogens with two attached hydrogens (primary N) is 1. The van der Waals surface area contributed by atoms with Gasteiger partial charge in [-0.3, -0.25) is 4.79 Å². The van der Waals surface area contributed by atoms with Crippen molar-refractivity contribution in [2.45, 2.75) is 18.9 Å². The second-order valence-corrected chi connectivity index (χ2v) is 3.83. The van der Waals surface area contributed by atoms with Gasteiger partial charge in [-0.2, -0.15) is 0 Å². The van der Waals surface area contributed by atoms with Gasteiger partial charge in [-0.1, -0.05) is 11.6 Å². The number of anilines is 1. The molecule has 1 amide bonds. The number of nitrogens with one attached hydrogen (secondary N) is 2. The number of carbonyl (C=O) groups is 1. The Morgan fingerprint density at radius 1 is 1.53 bits per heavy atom. The normalized spacial score (nSPS) is 14.8. The van der Waals surface area contributed by atoms with E-state index in [1.54, 1.807) is 12.1 Å². The number of amides is 1. The number of aromatic nitrogens is 1. The third-order valence-corrected chi connectivity index (χ3v) is 2.43. The molecule has 0 spiro atoms. The number of hydrogen-bond donors (Lipinski definition) is 3. The minimum absolute atomic E-state index is 0.207. The molecule has 0 aromatic carbocycles. The SMILES string of the molecule is NNc1ccc(Cl)c(C(=O)NC2CC2)n1. The zero-order valence-corrected chi connectivity index (χ0v) is 8.71. The molecule has 80 valence electrons. The molecule has 15 heavy (non-hydrogen) atoms. The number of pyridine rings is 1. The van der Waals surface area contributed by atoms with Crippen molar-refractivity contribution in [3.8, 4) is 0 Å². The van der Waals surface area contributed by atoms with Crippen LogP contribution >= 0.6 is 11.6 Å². The third kappa shape index (κ3) is 2.37. The second kappa shape index (κ2) is 4.04. The topological polar surface area (TPSA) is 80.0 Å². The Bertz CT molecular complexity index is 392. The highest BCUT2D eigenvalue weighted by Gasteiger charge is 2.25. The van der Waals surface area contributed by atoms with Crippen molar-refractivity contribution in [1.82, 2.24) is 10.3 Å². The average Bonchev–Trinajstić information content (AvgIpc) is 3.02. The molecule has 1 heterocycles. The first-order chi connectivity index (χ1) is 7.20. The number of hydrogen-bond acceptors (Lipinski definition) is 4.